The lowest BCUT2D eigenvalue weighted by molar-refractivity contribution is -0.421. The monoisotopic (exact) mass is 356 g/mol. The van der Waals surface area contributed by atoms with E-state index in [4.69, 9.17) is 11.6 Å². The summed E-state index contributed by atoms with van der Waals surface area (Å²) in [6.45, 7) is 0. The molecule has 0 saturated carbocycles. The maximum Gasteiger partial charge on any atom is 0.383 e. The Balaban J connectivity index is 2.42. The van der Waals surface area contributed by atoms with E-state index in [9.17, 15) is 25.3 Å². The second-order valence-electron chi connectivity index (χ2n) is 4.22. The number of hydrogen-bond donors (Lipinski definition) is 1. The molecule has 23 heavy (non-hydrogen) atoms. The second kappa shape index (κ2) is 6.58. The Morgan fingerprint density at radius 3 is 2.43 bits per heavy atom. The molecule has 0 spiro atoms. The van der Waals surface area contributed by atoms with E-state index >= 15 is 0 Å². The molecule has 0 saturated heterocycles. The number of hydrogen-bond acceptors (Lipinski definition) is 8. The van der Waals surface area contributed by atoms with Gasteiger partial charge in [0, 0.05) is 12.6 Å². The molecule has 0 aliphatic carbocycles. The number of anilines is 1. The predicted octanol–water partition coefficient (Wildman–Crippen LogP) is 3.39. The quantitative estimate of drug-likeness (QED) is 0.497. The Labute approximate surface area is 138 Å². The first-order chi connectivity index (χ1) is 10.8. The molecule has 1 aromatic heterocycles. The number of aromatic hydroxyl groups is 1. The smallest absolute Gasteiger partial charge is 0.383 e. The van der Waals surface area contributed by atoms with Crippen LogP contribution in [0.5, 0.6) is 5.75 Å². The van der Waals surface area contributed by atoms with Crippen molar-refractivity contribution in [1.29, 1.82) is 0 Å². The van der Waals surface area contributed by atoms with Gasteiger partial charge in [0.2, 0.25) is 0 Å². The zero-order chi connectivity index (χ0) is 17.1. The standard InChI is InChI=1S/C12H9ClN4O5S/c1-15(14-6-7-4-2-3-5-8(7)18)12-10(17(21)22)9(16(19)20)11(13)23-12/h2-6,18H,1H3. The van der Waals surface area contributed by atoms with Crippen molar-refractivity contribution in [2.75, 3.05) is 12.1 Å². The first-order valence-electron chi connectivity index (χ1n) is 5.99. The van der Waals surface area contributed by atoms with Crippen LogP contribution in [-0.4, -0.2) is 28.2 Å². The van der Waals surface area contributed by atoms with Gasteiger partial charge in [-0.15, -0.1) is 0 Å². The summed E-state index contributed by atoms with van der Waals surface area (Å²) in [6.07, 6.45) is 1.28. The lowest BCUT2D eigenvalue weighted by atomic mass is 10.2. The van der Waals surface area contributed by atoms with Crippen LogP contribution >= 0.6 is 22.9 Å². The Bertz CT molecular complexity index is 807. The lowest BCUT2D eigenvalue weighted by Gasteiger charge is -2.08. The molecule has 11 heteroatoms. The summed E-state index contributed by atoms with van der Waals surface area (Å²) < 4.78 is -0.304. The Morgan fingerprint density at radius 1 is 1.26 bits per heavy atom. The Kier molecular flexibility index (Phi) is 4.77. The minimum atomic E-state index is -0.902. The molecule has 0 radical (unpaired) electrons. The van der Waals surface area contributed by atoms with Crippen LogP contribution in [-0.2, 0) is 0 Å². The average molecular weight is 357 g/mol. The average Bonchev–Trinajstić information content (AvgIpc) is 2.84. The van der Waals surface area contributed by atoms with Crippen LogP contribution in [0.3, 0.4) is 0 Å². The molecule has 0 aliphatic rings. The summed E-state index contributed by atoms with van der Waals surface area (Å²) in [5.41, 5.74) is -1.10. The number of nitrogens with zero attached hydrogens (tertiary/aromatic N) is 4. The number of nitro groups is 2. The van der Waals surface area contributed by atoms with E-state index in [1.54, 1.807) is 18.2 Å². The van der Waals surface area contributed by atoms with Crippen molar-refractivity contribution in [3.05, 3.63) is 54.4 Å². The highest BCUT2D eigenvalue weighted by atomic mass is 35.5. The topological polar surface area (TPSA) is 122 Å². The molecule has 0 bridgehead atoms. The van der Waals surface area contributed by atoms with Gasteiger partial charge in [-0.1, -0.05) is 35.1 Å². The van der Waals surface area contributed by atoms with Crippen LogP contribution in [0.15, 0.2) is 29.4 Å². The van der Waals surface area contributed by atoms with Gasteiger partial charge >= 0.3 is 11.4 Å². The largest absolute Gasteiger partial charge is 0.507 e. The second-order valence-corrected chi connectivity index (χ2v) is 5.82. The minimum Gasteiger partial charge on any atom is -0.507 e. The van der Waals surface area contributed by atoms with Crippen molar-refractivity contribution >= 4 is 45.5 Å². The van der Waals surface area contributed by atoms with E-state index < -0.39 is 21.2 Å². The van der Waals surface area contributed by atoms with Crippen LogP contribution in [0, 0.1) is 20.2 Å². The summed E-state index contributed by atoms with van der Waals surface area (Å²) in [6, 6.07) is 6.35. The van der Waals surface area contributed by atoms with Gasteiger partial charge in [0.05, 0.1) is 16.1 Å². The number of para-hydroxylation sites is 1. The van der Waals surface area contributed by atoms with Crippen molar-refractivity contribution in [3.63, 3.8) is 0 Å². The van der Waals surface area contributed by atoms with E-state index in [-0.39, 0.29) is 15.1 Å². The normalized spacial score (nSPS) is 10.9. The van der Waals surface area contributed by atoms with E-state index in [0.29, 0.717) is 16.9 Å². The first-order valence-corrected chi connectivity index (χ1v) is 7.19. The molecule has 2 rings (SSSR count). The van der Waals surface area contributed by atoms with Crippen LogP contribution in [0.1, 0.15) is 5.56 Å². The molecular weight excluding hydrogens is 348 g/mol. The molecule has 0 atom stereocenters. The first kappa shape index (κ1) is 16.6. The van der Waals surface area contributed by atoms with Gasteiger partial charge in [-0.05, 0) is 12.1 Å². The summed E-state index contributed by atoms with van der Waals surface area (Å²) in [4.78, 5) is 20.3. The van der Waals surface area contributed by atoms with Gasteiger partial charge in [-0.3, -0.25) is 25.2 Å². The zero-order valence-corrected chi connectivity index (χ0v) is 13.1. The molecular formula is C12H9ClN4O5S. The van der Waals surface area contributed by atoms with Crippen LogP contribution < -0.4 is 5.01 Å². The third-order valence-electron chi connectivity index (χ3n) is 2.77. The lowest BCUT2D eigenvalue weighted by Crippen LogP contribution is -2.09. The van der Waals surface area contributed by atoms with Crippen molar-refractivity contribution < 1.29 is 15.0 Å². The molecule has 0 fully saturated rings. The maximum absolute atomic E-state index is 11.1. The number of phenolic OH excluding ortho intramolecular Hbond substituents is 1. The number of hydrazone groups is 1. The molecule has 1 heterocycles. The molecule has 0 aliphatic heterocycles. The van der Waals surface area contributed by atoms with Gasteiger partial charge in [-0.25, -0.2) is 0 Å². The number of thiophene rings is 1. The number of halogens is 1. The summed E-state index contributed by atoms with van der Waals surface area (Å²) in [5.74, 6) is -0.0191. The maximum atomic E-state index is 11.1. The fourth-order valence-electron chi connectivity index (χ4n) is 1.72. The number of phenols is 1. The highest BCUT2D eigenvalue weighted by Crippen LogP contribution is 2.49. The van der Waals surface area contributed by atoms with Gasteiger partial charge in [-0.2, -0.15) is 5.10 Å². The van der Waals surface area contributed by atoms with Crippen molar-refractivity contribution in [2.24, 2.45) is 5.10 Å². The molecule has 0 amide bonds. The third-order valence-corrected chi connectivity index (χ3v) is 4.20. The third kappa shape index (κ3) is 3.38. The molecule has 1 aromatic carbocycles. The molecule has 9 nitrogen and oxygen atoms in total. The van der Waals surface area contributed by atoms with E-state index in [1.807, 2.05) is 0 Å². The predicted molar refractivity (Wildman–Crippen MR) is 86.7 cm³/mol. The van der Waals surface area contributed by atoms with Gasteiger partial charge in [0.25, 0.3) is 0 Å². The van der Waals surface area contributed by atoms with Gasteiger partial charge < -0.3 is 5.11 Å². The van der Waals surface area contributed by atoms with Crippen molar-refractivity contribution in [2.45, 2.75) is 0 Å². The van der Waals surface area contributed by atoms with Crippen molar-refractivity contribution in [1.82, 2.24) is 0 Å². The summed E-state index contributed by atoms with van der Waals surface area (Å²) in [5, 5.41) is 36.7. The summed E-state index contributed by atoms with van der Waals surface area (Å²) in [7, 11) is 1.38. The Hall–Kier alpha value is -2.72. The van der Waals surface area contributed by atoms with Gasteiger partial charge in [0.15, 0.2) is 9.34 Å². The number of rotatable bonds is 5. The summed E-state index contributed by atoms with van der Waals surface area (Å²) >= 11 is 6.41. The SMILES string of the molecule is CN(N=Cc1ccccc1O)c1sc(Cl)c([N+](=O)[O-])c1[N+](=O)[O-]. The fraction of sp³-hybridized carbons (Fsp3) is 0.0833. The molecule has 0 unspecified atom stereocenters. The van der Waals surface area contributed by atoms with Crippen LogP contribution in [0.2, 0.25) is 4.34 Å². The van der Waals surface area contributed by atoms with E-state index in [1.165, 1.54) is 19.3 Å². The Morgan fingerprint density at radius 2 is 1.87 bits per heavy atom. The van der Waals surface area contributed by atoms with E-state index in [0.717, 1.165) is 5.01 Å². The highest BCUT2D eigenvalue weighted by molar-refractivity contribution is 7.21. The van der Waals surface area contributed by atoms with Gasteiger partial charge in [0.1, 0.15) is 5.75 Å². The molecule has 1 N–H and O–H groups in total. The van der Waals surface area contributed by atoms with E-state index in [2.05, 4.69) is 5.10 Å². The fourth-order valence-corrected chi connectivity index (χ4v) is 2.98. The number of benzene rings is 1. The zero-order valence-electron chi connectivity index (χ0n) is 11.5. The highest BCUT2D eigenvalue weighted by Gasteiger charge is 2.37. The minimum absolute atomic E-state index is 0.0191. The van der Waals surface area contributed by atoms with Crippen molar-refractivity contribution in [3.8, 4) is 5.75 Å². The van der Waals surface area contributed by atoms with Crippen LogP contribution in [0.4, 0.5) is 16.4 Å². The molecule has 120 valence electrons. The van der Waals surface area contributed by atoms with Crippen LogP contribution in [0.25, 0.3) is 0 Å². The molecule has 2 aromatic rings.